The van der Waals surface area contributed by atoms with Crippen LogP contribution in [-0.2, 0) is 9.59 Å². The van der Waals surface area contributed by atoms with Crippen molar-refractivity contribution in [3.05, 3.63) is 34.0 Å². The lowest BCUT2D eigenvalue weighted by Crippen LogP contribution is -2.44. The molecule has 0 spiro atoms. The van der Waals surface area contributed by atoms with Crippen LogP contribution in [0.25, 0.3) is 0 Å². The highest BCUT2D eigenvalue weighted by molar-refractivity contribution is 7.13. The third-order valence-corrected chi connectivity index (χ3v) is 5.32. The number of rotatable bonds is 6. The SMILES string of the molecule is O=C(NCCC(=O)N1CCCC1C(=O)Nc1nccs1)c1ccsc1. The quantitative estimate of drug-likeness (QED) is 0.804. The van der Waals surface area contributed by atoms with Gasteiger partial charge in [0.05, 0.1) is 0 Å². The zero-order valence-electron chi connectivity index (χ0n) is 13.4. The van der Waals surface area contributed by atoms with Gasteiger partial charge in [-0.2, -0.15) is 11.3 Å². The Hall–Kier alpha value is -2.26. The number of hydrogen-bond acceptors (Lipinski definition) is 6. The van der Waals surface area contributed by atoms with Gasteiger partial charge in [0, 0.05) is 42.0 Å². The number of amides is 3. The second-order valence-electron chi connectivity index (χ2n) is 5.59. The minimum Gasteiger partial charge on any atom is -0.351 e. The van der Waals surface area contributed by atoms with E-state index in [2.05, 4.69) is 15.6 Å². The number of carbonyl (C=O) groups excluding carboxylic acids is 3. The van der Waals surface area contributed by atoms with Crippen molar-refractivity contribution < 1.29 is 14.4 Å². The molecule has 2 aromatic heterocycles. The van der Waals surface area contributed by atoms with Crippen LogP contribution in [-0.4, -0.2) is 46.7 Å². The lowest BCUT2D eigenvalue weighted by atomic mass is 10.2. The Morgan fingerprint density at radius 3 is 2.92 bits per heavy atom. The molecule has 1 saturated heterocycles. The van der Waals surface area contributed by atoms with Gasteiger partial charge >= 0.3 is 0 Å². The fraction of sp³-hybridized carbons (Fsp3) is 0.375. The highest BCUT2D eigenvalue weighted by atomic mass is 32.1. The van der Waals surface area contributed by atoms with Gasteiger partial charge in [0.1, 0.15) is 6.04 Å². The molecule has 2 aromatic rings. The lowest BCUT2D eigenvalue weighted by Gasteiger charge is -2.23. The van der Waals surface area contributed by atoms with Crippen LogP contribution in [0.2, 0.25) is 0 Å². The molecular weight excluding hydrogens is 360 g/mol. The van der Waals surface area contributed by atoms with Crippen molar-refractivity contribution in [3.8, 4) is 0 Å². The molecule has 3 amide bonds. The fourth-order valence-corrected chi connectivity index (χ4v) is 3.90. The molecule has 0 bridgehead atoms. The first kappa shape index (κ1) is 17.6. The first-order chi connectivity index (χ1) is 12.1. The first-order valence-corrected chi connectivity index (χ1v) is 9.77. The van der Waals surface area contributed by atoms with E-state index < -0.39 is 6.04 Å². The number of hydrogen-bond donors (Lipinski definition) is 2. The highest BCUT2D eigenvalue weighted by Gasteiger charge is 2.34. The Morgan fingerprint density at radius 2 is 2.20 bits per heavy atom. The Bertz CT molecular complexity index is 731. The molecule has 132 valence electrons. The smallest absolute Gasteiger partial charge is 0.252 e. The molecule has 3 heterocycles. The van der Waals surface area contributed by atoms with E-state index in [1.165, 1.54) is 22.7 Å². The van der Waals surface area contributed by atoms with E-state index in [0.29, 0.717) is 23.7 Å². The van der Waals surface area contributed by atoms with Crippen LogP contribution >= 0.6 is 22.7 Å². The molecule has 2 N–H and O–H groups in total. The van der Waals surface area contributed by atoms with E-state index in [-0.39, 0.29) is 30.7 Å². The third-order valence-electron chi connectivity index (χ3n) is 3.95. The van der Waals surface area contributed by atoms with Crippen molar-refractivity contribution in [2.75, 3.05) is 18.4 Å². The number of carbonyl (C=O) groups is 3. The number of likely N-dealkylation sites (tertiary alicyclic amines) is 1. The van der Waals surface area contributed by atoms with Gasteiger partial charge in [-0.3, -0.25) is 14.4 Å². The predicted molar refractivity (Wildman–Crippen MR) is 96.7 cm³/mol. The van der Waals surface area contributed by atoms with Crippen molar-refractivity contribution in [1.29, 1.82) is 0 Å². The molecule has 25 heavy (non-hydrogen) atoms. The summed E-state index contributed by atoms with van der Waals surface area (Å²) in [5.41, 5.74) is 0.597. The van der Waals surface area contributed by atoms with Crippen LogP contribution in [0, 0.1) is 0 Å². The molecule has 3 rings (SSSR count). The minimum absolute atomic E-state index is 0.123. The van der Waals surface area contributed by atoms with E-state index >= 15 is 0 Å². The third kappa shape index (κ3) is 4.43. The summed E-state index contributed by atoms with van der Waals surface area (Å²) in [5, 5.41) is 11.4. The molecule has 1 fully saturated rings. The van der Waals surface area contributed by atoms with Crippen molar-refractivity contribution in [2.45, 2.75) is 25.3 Å². The predicted octanol–water partition coefficient (Wildman–Crippen LogP) is 1.95. The lowest BCUT2D eigenvalue weighted by molar-refractivity contribution is -0.136. The summed E-state index contributed by atoms with van der Waals surface area (Å²) >= 11 is 2.79. The van der Waals surface area contributed by atoms with Gasteiger partial charge in [-0.05, 0) is 24.3 Å². The number of thiazole rings is 1. The molecule has 9 heteroatoms. The second kappa shape index (κ2) is 8.21. The number of anilines is 1. The van der Waals surface area contributed by atoms with Crippen LogP contribution in [0.1, 0.15) is 29.6 Å². The minimum atomic E-state index is -0.469. The van der Waals surface area contributed by atoms with E-state index in [0.717, 1.165) is 6.42 Å². The summed E-state index contributed by atoms with van der Waals surface area (Å²) in [4.78, 5) is 42.3. The maximum absolute atomic E-state index is 12.4. The van der Waals surface area contributed by atoms with Crippen LogP contribution in [0.15, 0.2) is 28.4 Å². The maximum atomic E-state index is 12.4. The zero-order chi connectivity index (χ0) is 17.6. The first-order valence-electron chi connectivity index (χ1n) is 7.95. The molecule has 7 nitrogen and oxygen atoms in total. The average Bonchev–Trinajstić information content (AvgIpc) is 3.35. The van der Waals surface area contributed by atoms with Crippen LogP contribution in [0.4, 0.5) is 5.13 Å². The van der Waals surface area contributed by atoms with Gasteiger partial charge < -0.3 is 15.5 Å². The van der Waals surface area contributed by atoms with Crippen LogP contribution < -0.4 is 10.6 Å². The summed E-state index contributed by atoms with van der Waals surface area (Å²) in [5.74, 6) is -0.515. The van der Waals surface area contributed by atoms with Crippen molar-refractivity contribution in [3.63, 3.8) is 0 Å². The Kier molecular flexibility index (Phi) is 5.77. The second-order valence-corrected chi connectivity index (χ2v) is 7.26. The van der Waals surface area contributed by atoms with Crippen molar-refractivity contribution in [2.24, 2.45) is 0 Å². The number of nitrogens with zero attached hydrogens (tertiary/aromatic N) is 2. The molecule has 1 aliphatic heterocycles. The van der Waals surface area contributed by atoms with Crippen LogP contribution in [0.5, 0.6) is 0 Å². The van der Waals surface area contributed by atoms with Gasteiger partial charge in [0.2, 0.25) is 11.8 Å². The van der Waals surface area contributed by atoms with Gasteiger partial charge in [0.25, 0.3) is 5.91 Å². The molecule has 1 aliphatic rings. The largest absolute Gasteiger partial charge is 0.351 e. The fourth-order valence-electron chi connectivity index (χ4n) is 2.73. The standard InChI is InChI=1S/C16H18N4O3S2/c21-13(3-5-17-14(22)11-4-8-24-10-11)20-7-1-2-12(20)15(23)19-16-18-6-9-25-16/h4,6,8-10,12H,1-3,5,7H2,(H,17,22)(H,18,19,23). The summed E-state index contributed by atoms with van der Waals surface area (Å²) in [6.45, 7) is 0.818. The molecular formula is C16H18N4O3S2. The Morgan fingerprint density at radius 1 is 1.32 bits per heavy atom. The van der Waals surface area contributed by atoms with Gasteiger partial charge in [-0.15, -0.1) is 11.3 Å². The van der Waals surface area contributed by atoms with Crippen molar-refractivity contribution >= 4 is 45.5 Å². The molecule has 0 saturated carbocycles. The molecule has 0 aliphatic carbocycles. The van der Waals surface area contributed by atoms with Crippen LogP contribution in [0.3, 0.4) is 0 Å². The molecule has 0 aromatic carbocycles. The van der Waals surface area contributed by atoms with Gasteiger partial charge in [-0.25, -0.2) is 4.98 Å². The number of aromatic nitrogens is 1. The number of thiophene rings is 1. The van der Waals surface area contributed by atoms with E-state index in [1.54, 1.807) is 27.9 Å². The van der Waals surface area contributed by atoms with E-state index in [9.17, 15) is 14.4 Å². The maximum Gasteiger partial charge on any atom is 0.252 e. The van der Waals surface area contributed by atoms with Gasteiger partial charge in [0.15, 0.2) is 5.13 Å². The molecule has 1 unspecified atom stereocenters. The summed E-state index contributed by atoms with van der Waals surface area (Å²) in [7, 11) is 0. The zero-order valence-corrected chi connectivity index (χ0v) is 15.1. The molecule has 0 radical (unpaired) electrons. The summed E-state index contributed by atoms with van der Waals surface area (Å²) < 4.78 is 0. The Labute approximate surface area is 153 Å². The monoisotopic (exact) mass is 378 g/mol. The Balaban J connectivity index is 1.48. The average molecular weight is 378 g/mol. The topological polar surface area (TPSA) is 91.4 Å². The van der Waals surface area contributed by atoms with Gasteiger partial charge in [-0.1, -0.05) is 0 Å². The van der Waals surface area contributed by atoms with E-state index in [1.807, 2.05) is 5.38 Å². The summed E-state index contributed by atoms with van der Waals surface area (Å²) in [6.07, 6.45) is 3.23. The highest BCUT2D eigenvalue weighted by Crippen LogP contribution is 2.20. The number of nitrogens with one attached hydrogen (secondary N) is 2. The van der Waals surface area contributed by atoms with Crippen molar-refractivity contribution in [1.82, 2.24) is 15.2 Å². The normalized spacial score (nSPS) is 16.6. The van der Waals surface area contributed by atoms with E-state index in [4.69, 9.17) is 0 Å². The summed E-state index contributed by atoms with van der Waals surface area (Å²) in [6, 6.07) is 1.27. The molecule has 1 atom stereocenters.